The molecule has 5 atom stereocenters. The van der Waals surface area contributed by atoms with Crippen molar-refractivity contribution in [2.45, 2.75) is 76.5 Å². The Morgan fingerprint density at radius 1 is 0.895 bits per heavy atom. The molecule has 11 N–H and O–H groups in total. The van der Waals surface area contributed by atoms with Gasteiger partial charge in [-0.05, 0) is 49.4 Å². The van der Waals surface area contributed by atoms with E-state index in [-0.39, 0.29) is 24.5 Å². The number of nitrogens with two attached hydrogens (primary N) is 3. The van der Waals surface area contributed by atoms with Gasteiger partial charge in [-0.25, -0.2) is 4.79 Å². The lowest BCUT2D eigenvalue weighted by molar-refractivity contribution is -0.142. The van der Waals surface area contributed by atoms with E-state index in [0.717, 1.165) is 0 Å². The number of hydrogen-bond acceptors (Lipinski definition) is 8. The maximum Gasteiger partial charge on any atom is 0.326 e. The predicted octanol–water partition coefficient (Wildman–Crippen LogP) is -1.15. The first kappa shape index (κ1) is 32.3. The van der Waals surface area contributed by atoms with E-state index in [2.05, 4.69) is 16.0 Å². The van der Waals surface area contributed by atoms with Gasteiger partial charge in [0.25, 0.3) is 0 Å². The molecule has 0 radical (unpaired) electrons. The van der Waals surface area contributed by atoms with Crippen LogP contribution < -0.4 is 33.2 Å². The van der Waals surface area contributed by atoms with Gasteiger partial charge in [0, 0.05) is 6.42 Å². The average molecular weight is 537 g/mol. The minimum absolute atomic E-state index is 0.00786. The van der Waals surface area contributed by atoms with E-state index in [1.807, 2.05) is 6.92 Å². The summed E-state index contributed by atoms with van der Waals surface area (Å²) in [5.41, 5.74) is 17.2. The number of rotatable bonds is 17. The summed E-state index contributed by atoms with van der Waals surface area (Å²) in [6, 6.07) is 1.00. The zero-order chi connectivity index (χ0) is 28.8. The molecule has 0 aliphatic heterocycles. The first-order valence-electron chi connectivity index (χ1n) is 12.5. The van der Waals surface area contributed by atoms with Gasteiger partial charge in [0.15, 0.2) is 0 Å². The number of aromatic hydroxyl groups is 1. The zero-order valence-corrected chi connectivity index (χ0v) is 21.8. The highest BCUT2D eigenvalue weighted by Gasteiger charge is 2.32. The number of phenolic OH excluding ortho intramolecular Hbond substituents is 1. The van der Waals surface area contributed by atoms with E-state index in [1.54, 1.807) is 6.92 Å². The highest BCUT2D eigenvalue weighted by molar-refractivity contribution is 5.96. The fraction of sp³-hybridized carbons (Fsp3) is 0.560. The number of benzene rings is 1. The van der Waals surface area contributed by atoms with Crippen molar-refractivity contribution in [1.82, 2.24) is 16.0 Å². The van der Waals surface area contributed by atoms with Crippen LogP contribution in [0.2, 0.25) is 0 Å². The summed E-state index contributed by atoms with van der Waals surface area (Å²) in [4.78, 5) is 62.2. The third-order valence-electron chi connectivity index (χ3n) is 6.17. The van der Waals surface area contributed by atoms with E-state index in [1.165, 1.54) is 24.3 Å². The number of primary amides is 1. The van der Waals surface area contributed by atoms with Crippen LogP contribution in [0.3, 0.4) is 0 Å². The average Bonchev–Trinajstić information content (AvgIpc) is 2.87. The second-order valence-corrected chi connectivity index (χ2v) is 9.26. The summed E-state index contributed by atoms with van der Waals surface area (Å²) in [5.74, 6) is -4.64. The summed E-state index contributed by atoms with van der Waals surface area (Å²) >= 11 is 0. The fourth-order valence-electron chi connectivity index (χ4n) is 3.56. The maximum atomic E-state index is 13.1. The van der Waals surface area contributed by atoms with Crippen molar-refractivity contribution in [2.75, 3.05) is 6.54 Å². The Labute approximate surface area is 221 Å². The summed E-state index contributed by atoms with van der Waals surface area (Å²) in [7, 11) is 0. The fourth-order valence-corrected chi connectivity index (χ4v) is 3.56. The minimum Gasteiger partial charge on any atom is -0.508 e. The van der Waals surface area contributed by atoms with Gasteiger partial charge < -0.3 is 43.4 Å². The number of carbonyl (C=O) groups excluding carboxylic acids is 4. The number of carboxylic acid groups (broad SMARTS) is 1. The van der Waals surface area contributed by atoms with E-state index < -0.39 is 60.2 Å². The number of aliphatic carboxylic acids is 1. The van der Waals surface area contributed by atoms with Crippen molar-refractivity contribution in [2.24, 2.45) is 23.1 Å². The molecule has 0 saturated heterocycles. The SMILES string of the molecule is CCC(C)C(N)C(=O)NC(CC(N)=O)C(=O)NC(Cc1ccc(O)cc1)C(=O)NC(CCCCN)C(=O)O. The summed E-state index contributed by atoms with van der Waals surface area (Å²) in [6.07, 6.45) is 1.15. The molecular weight excluding hydrogens is 496 g/mol. The second kappa shape index (κ2) is 16.2. The van der Waals surface area contributed by atoms with Crippen LogP contribution in [0.15, 0.2) is 24.3 Å². The molecule has 4 amide bonds. The topological polar surface area (TPSA) is 240 Å². The van der Waals surface area contributed by atoms with Gasteiger partial charge >= 0.3 is 5.97 Å². The normalized spacial score (nSPS) is 14.8. The summed E-state index contributed by atoms with van der Waals surface area (Å²) in [5, 5.41) is 26.4. The molecule has 0 aromatic heterocycles. The predicted molar refractivity (Wildman–Crippen MR) is 139 cm³/mol. The van der Waals surface area contributed by atoms with E-state index in [9.17, 15) is 34.2 Å². The second-order valence-electron chi connectivity index (χ2n) is 9.26. The molecule has 13 heteroatoms. The molecule has 0 spiro atoms. The number of carbonyl (C=O) groups is 5. The number of carboxylic acids is 1. The van der Waals surface area contributed by atoms with Crippen molar-refractivity contribution in [3.8, 4) is 5.75 Å². The lowest BCUT2D eigenvalue weighted by Gasteiger charge is -2.26. The molecule has 0 heterocycles. The van der Waals surface area contributed by atoms with Crippen LogP contribution in [-0.4, -0.2) is 70.5 Å². The van der Waals surface area contributed by atoms with Crippen LogP contribution in [0, 0.1) is 5.92 Å². The molecule has 5 unspecified atom stereocenters. The molecular formula is C25H40N6O7. The Hall–Kier alpha value is -3.71. The molecule has 1 aromatic rings. The van der Waals surface area contributed by atoms with Crippen molar-refractivity contribution in [3.05, 3.63) is 29.8 Å². The van der Waals surface area contributed by atoms with Crippen molar-refractivity contribution < 1.29 is 34.2 Å². The Morgan fingerprint density at radius 3 is 1.97 bits per heavy atom. The minimum atomic E-state index is -1.41. The molecule has 0 bridgehead atoms. The molecule has 212 valence electrons. The van der Waals surface area contributed by atoms with Gasteiger partial charge in [-0.15, -0.1) is 0 Å². The molecule has 0 saturated carbocycles. The van der Waals surface area contributed by atoms with Gasteiger partial charge in [0.05, 0.1) is 12.5 Å². The van der Waals surface area contributed by atoms with Gasteiger partial charge in [0.2, 0.25) is 23.6 Å². The molecule has 13 nitrogen and oxygen atoms in total. The third kappa shape index (κ3) is 11.1. The van der Waals surface area contributed by atoms with Crippen LogP contribution >= 0.6 is 0 Å². The molecule has 0 aliphatic rings. The first-order valence-corrected chi connectivity index (χ1v) is 12.5. The van der Waals surface area contributed by atoms with Gasteiger partial charge in [0.1, 0.15) is 23.9 Å². The lowest BCUT2D eigenvalue weighted by Crippen LogP contribution is -2.58. The number of amides is 4. The number of phenols is 1. The molecule has 0 fully saturated rings. The van der Waals surface area contributed by atoms with Crippen LogP contribution in [-0.2, 0) is 30.4 Å². The number of nitrogens with one attached hydrogen (secondary N) is 3. The van der Waals surface area contributed by atoms with Gasteiger partial charge in [-0.1, -0.05) is 32.4 Å². The Morgan fingerprint density at radius 2 is 1.45 bits per heavy atom. The van der Waals surface area contributed by atoms with Crippen molar-refractivity contribution >= 4 is 29.6 Å². The third-order valence-corrected chi connectivity index (χ3v) is 6.17. The Balaban J connectivity index is 3.16. The molecule has 38 heavy (non-hydrogen) atoms. The van der Waals surface area contributed by atoms with Crippen LogP contribution in [0.1, 0.15) is 51.5 Å². The van der Waals surface area contributed by atoms with E-state index >= 15 is 0 Å². The monoisotopic (exact) mass is 536 g/mol. The summed E-state index contributed by atoms with van der Waals surface area (Å²) < 4.78 is 0. The maximum absolute atomic E-state index is 13.1. The van der Waals surface area contributed by atoms with Gasteiger partial charge in [-0.2, -0.15) is 0 Å². The largest absolute Gasteiger partial charge is 0.508 e. The smallest absolute Gasteiger partial charge is 0.326 e. The van der Waals surface area contributed by atoms with E-state index in [0.29, 0.717) is 31.4 Å². The number of hydrogen-bond donors (Lipinski definition) is 8. The zero-order valence-electron chi connectivity index (χ0n) is 21.8. The first-order chi connectivity index (χ1) is 17.9. The van der Waals surface area contributed by atoms with Gasteiger partial charge in [-0.3, -0.25) is 19.2 Å². The van der Waals surface area contributed by atoms with Crippen LogP contribution in [0.5, 0.6) is 5.75 Å². The standard InChI is InChI=1S/C25H40N6O7/c1-3-14(2)21(28)24(36)31-19(13-20(27)33)23(35)30-18(12-15-7-9-16(32)10-8-15)22(34)29-17(25(37)38)6-4-5-11-26/h7-10,14,17-19,21,32H,3-6,11-13,26,28H2,1-2H3,(H2,27,33)(H,29,34)(H,30,35)(H,31,36)(H,37,38). The molecule has 1 rings (SSSR count). The lowest BCUT2D eigenvalue weighted by atomic mass is 9.98. The van der Waals surface area contributed by atoms with Crippen molar-refractivity contribution in [3.63, 3.8) is 0 Å². The Bertz CT molecular complexity index is 956. The molecule has 0 aliphatic carbocycles. The number of unbranched alkanes of at least 4 members (excludes halogenated alkanes) is 1. The highest BCUT2D eigenvalue weighted by Crippen LogP contribution is 2.13. The molecule has 1 aromatic carbocycles. The van der Waals surface area contributed by atoms with Crippen LogP contribution in [0.4, 0.5) is 0 Å². The van der Waals surface area contributed by atoms with Crippen molar-refractivity contribution in [1.29, 1.82) is 0 Å². The quantitative estimate of drug-likeness (QED) is 0.112. The van der Waals surface area contributed by atoms with E-state index in [4.69, 9.17) is 17.2 Å². The summed E-state index contributed by atoms with van der Waals surface area (Å²) in [6.45, 7) is 3.98. The Kier molecular flexibility index (Phi) is 13.8. The highest BCUT2D eigenvalue weighted by atomic mass is 16.4. The van der Waals surface area contributed by atoms with Crippen LogP contribution in [0.25, 0.3) is 0 Å².